The number of carbonyl (C=O) groups excluding carboxylic acids is 4. The molecule has 0 aliphatic carbocycles. The predicted octanol–water partition coefficient (Wildman–Crippen LogP) is -2.85. The number of aliphatic imine (C=N–C) groups is 1. The fourth-order valence-corrected chi connectivity index (χ4v) is 3.98. The van der Waals surface area contributed by atoms with Gasteiger partial charge in [-0.15, -0.1) is 0 Å². The molecule has 0 aromatic heterocycles. The Kier molecular flexibility index (Phi) is 11.9. The first-order valence-electron chi connectivity index (χ1n) is 12.4. The number of nitrogens with one attached hydrogen (secondary N) is 4. The number of guanidine groups is 1. The van der Waals surface area contributed by atoms with Crippen LogP contribution in [0.5, 0.6) is 5.75 Å². The Balaban J connectivity index is 2.16. The summed E-state index contributed by atoms with van der Waals surface area (Å²) in [4.78, 5) is 66.1. The Morgan fingerprint density at radius 3 is 2.18 bits per heavy atom. The summed E-state index contributed by atoms with van der Waals surface area (Å²) in [7, 11) is 0. The second kappa shape index (κ2) is 15.1. The van der Waals surface area contributed by atoms with E-state index in [1.54, 1.807) is 0 Å². The van der Waals surface area contributed by atoms with Gasteiger partial charge in [-0.05, 0) is 49.9 Å². The first-order valence-corrected chi connectivity index (χ1v) is 12.4. The van der Waals surface area contributed by atoms with E-state index < -0.39 is 60.2 Å². The van der Waals surface area contributed by atoms with Crippen molar-refractivity contribution in [2.24, 2.45) is 22.2 Å². The number of aliphatic carboxylic acids is 1. The van der Waals surface area contributed by atoms with Gasteiger partial charge in [0.15, 0.2) is 5.96 Å². The molecule has 1 aromatic carbocycles. The minimum Gasteiger partial charge on any atom is -0.508 e. The highest BCUT2D eigenvalue weighted by atomic mass is 16.4. The van der Waals surface area contributed by atoms with Gasteiger partial charge in [0.05, 0.1) is 12.5 Å². The van der Waals surface area contributed by atoms with Gasteiger partial charge in [0, 0.05) is 13.0 Å². The van der Waals surface area contributed by atoms with E-state index in [4.69, 9.17) is 17.2 Å². The molecule has 0 spiro atoms. The van der Waals surface area contributed by atoms with Gasteiger partial charge < -0.3 is 48.7 Å². The fourth-order valence-electron chi connectivity index (χ4n) is 3.98. The average Bonchev–Trinajstić information content (AvgIpc) is 3.41. The molecule has 214 valence electrons. The van der Waals surface area contributed by atoms with Crippen LogP contribution in [0.3, 0.4) is 0 Å². The first kappa shape index (κ1) is 30.8. The molecule has 12 N–H and O–H groups in total. The molecule has 4 amide bonds. The lowest BCUT2D eigenvalue weighted by Gasteiger charge is -2.25. The molecule has 1 aliphatic heterocycles. The van der Waals surface area contributed by atoms with Crippen molar-refractivity contribution in [1.82, 2.24) is 21.3 Å². The number of phenolic OH excluding ortho intramolecular Hbond substituents is 1. The van der Waals surface area contributed by atoms with E-state index >= 15 is 0 Å². The quantitative estimate of drug-likeness (QED) is 0.0615. The van der Waals surface area contributed by atoms with E-state index in [0.717, 1.165) is 6.42 Å². The Morgan fingerprint density at radius 2 is 1.62 bits per heavy atom. The largest absolute Gasteiger partial charge is 0.508 e. The molecule has 1 saturated heterocycles. The number of benzene rings is 1. The zero-order valence-corrected chi connectivity index (χ0v) is 21.4. The zero-order valence-electron chi connectivity index (χ0n) is 21.4. The third kappa shape index (κ3) is 10.9. The highest BCUT2D eigenvalue weighted by Gasteiger charge is 2.32. The van der Waals surface area contributed by atoms with Gasteiger partial charge >= 0.3 is 5.97 Å². The smallest absolute Gasteiger partial charge is 0.326 e. The van der Waals surface area contributed by atoms with Gasteiger partial charge in [0.2, 0.25) is 23.6 Å². The number of primary amides is 1. The highest BCUT2D eigenvalue weighted by Crippen LogP contribution is 2.12. The van der Waals surface area contributed by atoms with Gasteiger partial charge in [0.25, 0.3) is 0 Å². The van der Waals surface area contributed by atoms with Crippen LogP contribution in [0.2, 0.25) is 0 Å². The Labute approximate surface area is 225 Å². The van der Waals surface area contributed by atoms with Crippen LogP contribution < -0.4 is 38.5 Å². The van der Waals surface area contributed by atoms with E-state index in [1.165, 1.54) is 24.3 Å². The number of carboxylic acid groups (broad SMARTS) is 1. The van der Waals surface area contributed by atoms with Crippen molar-refractivity contribution in [3.05, 3.63) is 29.8 Å². The predicted molar refractivity (Wildman–Crippen MR) is 140 cm³/mol. The molecule has 15 nitrogen and oxygen atoms in total. The highest BCUT2D eigenvalue weighted by molar-refractivity contribution is 5.96. The summed E-state index contributed by atoms with van der Waals surface area (Å²) in [6.45, 7) is 0.768. The van der Waals surface area contributed by atoms with Crippen molar-refractivity contribution in [1.29, 1.82) is 0 Å². The minimum atomic E-state index is -1.35. The summed E-state index contributed by atoms with van der Waals surface area (Å²) in [5.74, 6) is -4.45. The van der Waals surface area contributed by atoms with Gasteiger partial charge in [-0.1, -0.05) is 12.1 Å². The molecular formula is C24H36N8O7. The van der Waals surface area contributed by atoms with Gasteiger partial charge in [0.1, 0.15) is 23.9 Å². The van der Waals surface area contributed by atoms with E-state index in [9.17, 15) is 34.2 Å². The number of carboxylic acids is 1. The van der Waals surface area contributed by atoms with Crippen LogP contribution in [0.4, 0.5) is 0 Å². The number of hydrogen-bond donors (Lipinski definition) is 9. The molecule has 15 heteroatoms. The van der Waals surface area contributed by atoms with E-state index in [1.807, 2.05) is 0 Å². The zero-order chi connectivity index (χ0) is 28.9. The molecule has 0 radical (unpaired) electrons. The van der Waals surface area contributed by atoms with Crippen molar-refractivity contribution in [2.45, 2.75) is 62.7 Å². The second-order valence-electron chi connectivity index (χ2n) is 9.16. The van der Waals surface area contributed by atoms with Crippen molar-refractivity contribution in [3.63, 3.8) is 0 Å². The third-order valence-corrected chi connectivity index (χ3v) is 5.98. The van der Waals surface area contributed by atoms with Gasteiger partial charge in [-0.25, -0.2) is 4.79 Å². The number of aromatic hydroxyl groups is 1. The van der Waals surface area contributed by atoms with Crippen LogP contribution in [0.1, 0.15) is 37.7 Å². The number of carbonyl (C=O) groups is 5. The number of phenols is 1. The summed E-state index contributed by atoms with van der Waals surface area (Å²) in [5.41, 5.74) is 16.5. The van der Waals surface area contributed by atoms with Crippen molar-refractivity contribution < 1.29 is 34.2 Å². The summed E-state index contributed by atoms with van der Waals surface area (Å²) in [6.07, 6.45) is 0.990. The van der Waals surface area contributed by atoms with Crippen LogP contribution in [-0.2, 0) is 30.4 Å². The Morgan fingerprint density at radius 1 is 0.974 bits per heavy atom. The average molecular weight is 549 g/mol. The van der Waals surface area contributed by atoms with Crippen LogP contribution in [0, 0.1) is 0 Å². The first-order chi connectivity index (χ1) is 18.5. The summed E-state index contributed by atoms with van der Waals surface area (Å²) >= 11 is 0. The topological polar surface area (TPSA) is 264 Å². The number of rotatable bonds is 15. The Bertz CT molecular complexity index is 1050. The van der Waals surface area contributed by atoms with Gasteiger partial charge in [-0.3, -0.25) is 24.2 Å². The molecule has 4 atom stereocenters. The molecule has 0 bridgehead atoms. The summed E-state index contributed by atoms with van der Waals surface area (Å²) in [6, 6.07) is 1.33. The van der Waals surface area contributed by atoms with Gasteiger partial charge in [-0.2, -0.15) is 0 Å². The molecular weight excluding hydrogens is 512 g/mol. The van der Waals surface area contributed by atoms with Crippen molar-refractivity contribution in [2.75, 3.05) is 13.1 Å². The van der Waals surface area contributed by atoms with Crippen LogP contribution >= 0.6 is 0 Å². The number of nitrogens with zero attached hydrogens (tertiary/aromatic N) is 1. The summed E-state index contributed by atoms with van der Waals surface area (Å²) in [5, 5.41) is 29.5. The standard InChI is InChI=1S/C24H36N8O7/c25-19(34)12-17(31-20(35)15-3-1-9-28-15)22(37)30-16(4-2-10-29-24(26)27)21(36)32-18(23(38)39)11-13-5-7-14(33)8-6-13/h5-8,15-18,28,33H,1-4,9-12H2,(H2,25,34)(H,30,37)(H,31,35)(H,32,36)(H,38,39)(H4,26,27,29). The molecule has 1 aromatic rings. The molecule has 1 aliphatic rings. The second-order valence-corrected chi connectivity index (χ2v) is 9.16. The summed E-state index contributed by atoms with van der Waals surface area (Å²) < 4.78 is 0. The van der Waals surface area contributed by atoms with Crippen LogP contribution in [-0.4, -0.2) is 83.0 Å². The number of amides is 4. The SMILES string of the molecule is NC(=O)CC(NC(=O)C1CCCN1)C(=O)NC(CCCN=C(N)N)C(=O)NC(Cc1ccc(O)cc1)C(=O)O. The normalized spacial score (nSPS) is 16.8. The lowest BCUT2D eigenvalue weighted by molar-refractivity contribution is -0.142. The van der Waals surface area contributed by atoms with E-state index in [0.29, 0.717) is 18.5 Å². The van der Waals surface area contributed by atoms with E-state index in [2.05, 4.69) is 26.3 Å². The molecule has 39 heavy (non-hydrogen) atoms. The molecule has 1 fully saturated rings. The third-order valence-electron chi connectivity index (χ3n) is 5.98. The van der Waals surface area contributed by atoms with Crippen LogP contribution in [0.15, 0.2) is 29.3 Å². The van der Waals surface area contributed by atoms with Crippen molar-refractivity contribution in [3.8, 4) is 5.75 Å². The van der Waals surface area contributed by atoms with E-state index in [-0.39, 0.29) is 37.5 Å². The minimum absolute atomic E-state index is 0.000435. The maximum atomic E-state index is 13.1. The Hall–Kier alpha value is -4.40. The molecule has 1 heterocycles. The maximum Gasteiger partial charge on any atom is 0.326 e. The molecule has 2 rings (SSSR count). The molecule has 0 saturated carbocycles. The lowest BCUT2D eigenvalue weighted by Crippen LogP contribution is -2.57. The number of nitrogens with two attached hydrogens (primary N) is 3. The van der Waals surface area contributed by atoms with Crippen LogP contribution in [0.25, 0.3) is 0 Å². The fraction of sp³-hybridized carbons (Fsp3) is 0.500. The number of hydrogen-bond acceptors (Lipinski definition) is 8. The molecule has 4 unspecified atom stereocenters. The monoisotopic (exact) mass is 548 g/mol. The van der Waals surface area contributed by atoms with Crippen molar-refractivity contribution >= 4 is 35.6 Å². The maximum absolute atomic E-state index is 13.1. The lowest BCUT2D eigenvalue weighted by atomic mass is 10.0.